The van der Waals surface area contributed by atoms with Gasteiger partial charge in [-0.3, -0.25) is 9.59 Å². The Morgan fingerprint density at radius 3 is 2.24 bits per heavy atom. The minimum absolute atomic E-state index is 0.0791. The van der Waals surface area contributed by atoms with Crippen LogP contribution in [-0.4, -0.2) is 36.9 Å². The molecule has 0 radical (unpaired) electrons. The van der Waals surface area contributed by atoms with Crippen molar-refractivity contribution in [2.75, 3.05) is 24.4 Å². The van der Waals surface area contributed by atoms with Crippen molar-refractivity contribution in [2.45, 2.75) is 20.8 Å². The van der Waals surface area contributed by atoms with E-state index in [1.165, 1.54) is 18.9 Å². The van der Waals surface area contributed by atoms with Gasteiger partial charge < -0.3 is 19.9 Å². The summed E-state index contributed by atoms with van der Waals surface area (Å²) in [4.78, 5) is 40.1. The monoisotopic (exact) mass is 343 g/mol. The minimum atomic E-state index is -0.484. The van der Waals surface area contributed by atoms with Crippen LogP contribution in [0.1, 0.15) is 39.0 Å². The lowest BCUT2D eigenvalue weighted by Gasteiger charge is -2.15. The lowest BCUT2D eigenvalue weighted by atomic mass is 10.1. The number of H-pyrrole nitrogens is 1. The Bertz CT molecular complexity index is 822. The molecule has 132 valence electrons. The van der Waals surface area contributed by atoms with Gasteiger partial charge in [0.05, 0.1) is 12.7 Å². The van der Waals surface area contributed by atoms with E-state index < -0.39 is 5.97 Å². The van der Waals surface area contributed by atoms with Gasteiger partial charge in [0, 0.05) is 31.0 Å². The highest BCUT2D eigenvalue weighted by Crippen LogP contribution is 2.21. The lowest BCUT2D eigenvalue weighted by Crippen LogP contribution is -2.22. The van der Waals surface area contributed by atoms with Gasteiger partial charge in [-0.05, 0) is 43.7 Å². The van der Waals surface area contributed by atoms with E-state index >= 15 is 0 Å². The third-order valence-corrected chi connectivity index (χ3v) is 4.04. The highest BCUT2D eigenvalue weighted by atomic mass is 16.5. The average molecular weight is 343 g/mol. The first-order chi connectivity index (χ1) is 11.8. The average Bonchev–Trinajstić information content (AvgIpc) is 2.88. The third-order valence-electron chi connectivity index (χ3n) is 4.04. The lowest BCUT2D eigenvalue weighted by molar-refractivity contribution is -0.116. The SMILES string of the molecule is COC(=O)c1c(C)[nH]c(C(=O)Nc2ccc(N(C)C(C)=O)cc2)c1C. The molecule has 2 N–H and O–H groups in total. The first-order valence-electron chi connectivity index (χ1n) is 7.69. The van der Waals surface area contributed by atoms with Gasteiger partial charge in [0.1, 0.15) is 5.69 Å². The summed E-state index contributed by atoms with van der Waals surface area (Å²) in [5.74, 6) is -0.921. The van der Waals surface area contributed by atoms with Crippen molar-refractivity contribution in [1.29, 1.82) is 0 Å². The maximum Gasteiger partial charge on any atom is 0.339 e. The molecular formula is C18H21N3O4. The van der Waals surface area contributed by atoms with Crippen LogP contribution < -0.4 is 10.2 Å². The summed E-state index contributed by atoms with van der Waals surface area (Å²) in [6.07, 6.45) is 0. The summed E-state index contributed by atoms with van der Waals surface area (Å²) in [5.41, 5.74) is 3.10. The van der Waals surface area contributed by atoms with E-state index in [0.717, 1.165) is 5.69 Å². The van der Waals surface area contributed by atoms with E-state index in [1.807, 2.05) is 0 Å². The molecule has 25 heavy (non-hydrogen) atoms. The Morgan fingerprint density at radius 1 is 1.12 bits per heavy atom. The number of nitrogens with one attached hydrogen (secondary N) is 2. The number of hydrogen-bond donors (Lipinski definition) is 2. The van der Waals surface area contributed by atoms with Crippen molar-refractivity contribution in [3.05, 3.63) is 46.8 Å². The number of anilines is 2. The number of amides is 2. The van der Waals surface area contributed by atoms with E-state index in [1.54, 1.807) is 45.2 Å². The molecule has 0 aliphatic carbocycles. The number of hydrogen-bond acceptors (Lipinski definition) is 4. The second-order valence-electron chi connectivity index (χ2n) is 5.70. The predicted molar refractivity (Wildman–Crippen MR) is 95.1 cm³/mol. The standard InChI is InChI=1S/C18H21N3O4/c1-10-15(18(24)25-5)11(2)19-16(10)17(23)20-13-6-8-14(9-7-13)21(4)12(3)22/h6-9,19H,1-5H3,(H,20,23). The molecule has 0 bridgehead atoms. The van der Waals surface area contributed by atoms with Crippen LogP contribution in [0.3, 0.4) is 0 Å². The summed E-state index contributed by atoms with van der Waals surface area (Å²) in [6.45, 7) is 4.88. The number of aromatic amines is 1. The normalized spacial score (nSPS) is 10.3. The minimum Gasteiger partial charge on any atom is -0.465 e. The quantitative estimate of drug-likeness (QED) is 0.835. The number of carbonyl (C=O) groups is 3. The van der Waals surface area contributed by atoms with Gasteiger partial charge >= 0.3 is 5.97 Å². The zero-order valence-corrected chi connectivity index (χ0v) is 14.9. The van der Waals surface area contributed by atoms with Gasteiger partial charge in [0.25, 0.3) is 5.91 Å². The van der Waals surface area contributed by atoms with Crippen molar-refractivity contribution < 1.29 is 19.1 Å². The summed E-state index contributed by atoms with van der Waals surface area (Å²) in [7, 11) is 2.98. The Labute approximate surface area is 146 Å². The Hall–Kier alpha value is -3.09. The molecule has 0 fully saturated rings. The molecule has 1 aromatic carbocycles. The fraction of sp³-hybridized carbons (Fsp3) is 0.278. The van der Waals surface area contributed by atoms with Crippen LogP contribution in [-0.2, 0) is 9.53 Å². The van der Waals surface area contributed by atoms with E-state index in [-0.39, 0.29) is 11.8 Å². The van der Waals surface area contributed by atoms with Crippen molar-refractivity contribution >= 4 is 29.2 Å². The van der Waals surface area contributed by atoms with E-state index in [0.29, 0.717) is 28.2 Å². The van der Waals surface area contributed by atoms with Crippen molar-refractivity contribution in [3.8, 4) is 0 Å². The van der Waals surface area contributed by atoms with Crippen LogP contribution in [0.2, 0.25) is 0 Å². The fourth-order valence-electron chi connectivity index (χ4n) is 2.53. The summed E-state index contributed by atoms with van der Waals surface area (Å²) >= 11 is 0. The number of esters is 1. The topological polar surface area (TPSA) is 91.5 Å². The summed E-state index contributed by atoms with van der Waals surface area (Å²) < 4.78 is 4.74. The number of aromatic nitrogens is 1. The molecule has 7 nitrogen and oxygen atoms in total. The van der Waals surface area contributed by atoms with Crippen molar-refractivity contribution in [1.82, 2.24) is 4.98 Å². The van der Waals surface area contributed by atoms with Crippen molar-refractivity contribution in [3.63, 3.8) is 0 Å². The highest BCUT2D eigenvalue weighted by Gasteiger charge is 2.22. The molecular weight excluding hydrogens is 322 g/mol. The molecule has 0 aliphatic rings. The number of methoxy groups -OCH3 is 1. The van der Waals surface area contributed by atoms with Gasteiger partial charge in [-0.25, -0.2) is 4.79 Å². The van der Waals surface area contributed by atoms with Crippen LogP contribution in [0.15, 0.2) is 24.3 Å². The van der Waals surface area contributed by atoms with Gasteiger partial charge in [-0.15, -0.1) is 0 Å². The second kappa shape index (κ2) is 7.21. The Kier molecular flexibility index (Phi) is 5.26. The molecule has 0 saturated heterocycles. The van der Waals surface area contributed by atoms with Gasteiger partial charge in [0.2, 0.25) is 5.91 Å². The zero-order chi connectivity index (χ0) is 18.7. The van der Waals surface area contributed by atoms with Gasteiger partial charge in [-0.1, -0.05) is 0 Å². The number of ether oxygens (including phenoxy) is 1. The molecule has 2 amide bonds. The fourth-order valence-corrected chi connectivity index (χ4v) is 2.53. The Morgan fingerprint density at radius 2 is 1.72 bits per heavy atom. The van der Waals surface area contributed by atoms with Gasteiger partial charge in [0.15, 0.2) is 0 Å². The smallest absolute Gasteiger partial charge is 0.339 e. The van der Waals surface area contributed by atoms with Crippen LogP contribution in [0, 0.1) is 13.8 Å². The molecule has 0 unspecified atom stereocenters. The molecule has 0 spiro atoms. The molecule has 2 rings (SSSR count). The molecule has 0 saturated carbocycles. The summed E-state index contributed by atoms with van der Waals surface area (Å²) in [6, 6.07) is 6.89. The number of benzene rings is 1. The number of aryl methyl sites for hydroxylation is 1. The maximum atomic E-state index is 12.5. The number of carbonyl (C=O) groups excluding carboxylic acids is 3. The van der Waals surface area contributed by atoms with Gasteiger partial charge in [-0.2, -0.15) is 0 Å². The molecule has 7 heteroatoms. The molecule has 1 aromatic heterocycles. The van der Waals surface area contributed by atoms with Crippen LogP contribution in [0.5, 0.6) is 0 Å². The number of nitrogens with zero attached hydrogens (tertiary/aromatic N) is 1. The predicted octanol–water partition coefficient (Wildman–Crippen LogP) is 2.65. The number of rotatable bonds is 4. The molecule has 0 aliphatic heterocycles. The van der Waals surface area contributed by atoms with E-state index in [2.05, 4.69) is 10.3 Å². The maximum absolute atomic E-state index is 12.5. The largest absolute Gasteiger partial charge is 0.465 e. The molecule has 0 atom stereocenters. The van der Waals surface area contributed by atoms with E-state index in [9.17, 15) is 14.4 Å². The third kappa shape index (κ3) is 3.71. The zero-order valence-electron chi connectivity index (χ0n) is 14.9. The molecule has 1 heterocycles. The van der Waals surface area contributed by atoms with Crippen LogP contribution >= 0.6 is 0 Å². The molecule has 2 aromatic rings. The summed E-state index contributed by atoms with van der Waals surface area (Å²) in [5, 5.41) is 2.77. The van der Waals surface area contributed by atoms with E-state index in [4.69, 9.17) is 4.74 Å². The van der Waals surface area contributed by atoms with Crippen molar-refractivity contribution in [2.24, 2.45) is 0 Å². The second-order valence-corrected chi connectivity index (χ2v) is 5.70. The first kappa shape index (κ1) is 18.3. The van der Waals surface area contributed by atoms with Crippen LogP contribution in [0.25, 0.3) is 0 Å². The van der Waals surface area contributed by atoms with Crippen LogP contribution in [0.4, 0.5) is 11.4 Å². The highest BCUT2D eigenvalue weighted by molar-refractivity contribution is 6.07. The first-order valence-corrected chi connectivity index (χ1v) is 7.69. The Balaban J connectivity index is 2.20.